The van der Waals surface area contributed by atoms with E-state index in [4.69, 9.17) is 5.73 Å². The lowest BCUT2D eigenvalue weighted by Crippen LogP contribution is -2.39. The van der Waals surface area contributed by atoms with Gasteiger partial charge in [-0.1, -0.05) is 39.8 Å². The van der Waals surface area contributed by atoms with Gasteiger partial charge in [-0.05, 0) is 29.0 Å². The second-order valence-corrected chi connectivity index (χ2v) is 5.85. The average molecular weight is 263 g/mol. The van der Waals surface area contributed by atoms with Gasteiger partial charge in [0.1, 0.15) is 0 Å². The summed E-state index contributed by atoms with van der Waals surface area (Å²) in [5.41, 5.74) is 7.43. The van der Waals surface area contributed by atoms with Crippen LogP contribution in [-0.4, -0.2) is 12.6 Å². The quantitative estimate of drug-likeness (QED) is 0.764. The van der Waals surface area contributed by atoms with E-state index in [9.17, 15) is 4.79 Å². The lowest BCUT2D eigenvalue weighted by molar-refractivity contribution is 0.223. The fourth-order valence-corrected chi connectivity index (χ4v) is 1.41. The maximum atomic E-state index is 11.8. The molecule has 0 bridgehead atoms. The van der Waals surface area contributed by atoms with Crippen molar-refractivity contribution in [3.63, 3.8) is 0 Å². The number of amides is 2. The van der Waals surface area contributed by atoms with E-state index >= 15 is 0 Å². The Morgan fingerprint density at radius 3 is 2.32 bits per heavy atom. The highest BCUT2D eigenvalue weighted by Gasteiger charge is 2.22. The summed E-state index contributed by atoms with van der Waals surface area (Å²) >= 11 is 0. The third kappa shape index (κ3) is 4.91. The minimum atomic E-state index is -0.172. The number of hydrogen-bond donors (Lipinski definition) is 3. The van der Waals surface area contributed by atoms with E-state index in [2.05, 4.69) is 38.3 Å². The normalized spacial score (nSPS) is 11.5. The van der Waals surface area contributed by atoms with Crippen LogP contribution in [0.1, 0.15) is 33.3 Å². The smallest absolute Gasteiger partial charge is 0.319 e. The summed E-state index contributed by atoms with van der Waals surface area (Å²) in [4.78, 5) is 11.8. The Bertz CT molecular complexity index is 410. The molecule has 0 aliphatic carbocycles. The van der Waals surface area contributed by atoms with E-state index in [1.165, 1.54) is 0 Å². The number of rotatable bonds is 5. The molecule has 0 saturated carbocycles. The number of hydrogen-bond acceptors (Lipinski definition) is 2. The monoisotopic (exact) mass is 263 g/mol. The fourth-order valence-electron chi connectivity index (χ4n) is 1.41. The highest BCUT2D eigenvalue weighted by atomic mass is 16.2. The zero-order chi connectivity index (χ0) is 14.5. The zero-order valence-corrected chi connectivity index (χ0v) is 12.3. The van der Waals surface area contributed by atoms with Crippen molar-refractivity contribution in [3.8, 4) is 0 Å². The molecule has 0 aliphatic rings. The van der Waals surface area contributed by atoms with Crippen LogP contribution in [0.25, 0.3) is 0 Å². The molecular formula is C15H25N3O. The standard InChI is InChI=1S/C15H25N3O/c1-11(2)15(3,4)10-17-14(19)18-13-7-5-12(9-16)6-8-13/h5-8,11H,9-10,16H2,1-4H3,(H2,17,18,19). The average Bonchev–Trinajstić information content (AvgIpc) is 2.37. The number of nitrogens with two attached hydrogens (primary N) is 1. The number of carbonyl (C=O) groups is 1. The van der Waals surface area contributed by atoms with Crippen molar-refractivity contribution in [3.05, 3.63) is 29.8 Å². The molecule has 0 saturated heterocycles. The van der Waals surface area contributed by atoms with E-state index in [1.807, 2.05) is 24.3 Å². The molecule has 4 heteroatoms. The first-order valence-corrected chi connectivity index (χ1v) is 6.69. The molecule has 4 nitrogen and oxygen atoms in total. The highest BCUT2D eigenvalue weighted by Crippen LogP contribution is 2.24. The van der Waals surface area contributed by atoms with Crippen LogP contribution in [0.4, 0.5) is 10.5 Å². The molecule has 0 atom stereocenters. The van der Waals surface area contributed by atoms with Gasteiger partial charge >= 0.3 is 6.03 Å². The van der Waals surface area contributed by atoms with E-state index in [0.29, 0.717) is 19.0 Å². The van der Waals surface area contributed by atoms with Gasteiger partial charge in [-0.25, -0.2) is 4.79 Å². The van der Waals surface area contributed by atoms with E-state index in [-0.39, 0.29) is 11.4 Å². The molecule has 0 spiro atoms. The van der Waals surface area contributed by atoms with Crippen molar-refractivity contribution in [2.75, 3.05) is 11.9 Å². The third-order valence-corrected chi connectivity index (χ3v) is 3.72. The van der Waals surface area contributed by atoms with Gasteiger partial charge in [0, 0.05) is 18.8 Å². The van der Waals surface area contributed by atoms with Crippen molar-refractivity contribution in [2.24, 2.45) is 17.1 Å². The summed E-state index contributed by atoms with van der Waals surface area (Å²) in [6.07, 6.45) is 0. The topological polar surface area (TPSA) is 67.2 Å². The van der Waals surface area contributed by atoms with Crippen molar-refractivity contribution in [2.45, 2.75) is 34.2 Å². The van der Waals surface area contributed by atoms with Crippen LogP contribution >= 0.6 is 0 Å². The van der Waals surface area contributed by atoms with Crippen molar-refractivity contribution in [1.29, 1.82) is 0 Å². The van der Waals surface area contributed by atoms with Crippen LogP contribution < -0.4 is 16.4 Å². The maximum Gasteiger partial charge on any atom is 0.319 e. The van der Waals surface area contributed by atoms with Gasteiger partial charge in [-0.2, -0.15) is 0 Å². The fraction of sp³-hybridized carbons (Fsp3) is 0.533. The SMILES string of the molecule is CC(C)C(C)(C)CNC(=O)Nc1ccc(CN)cc1. The second-order valence-electron chi connectivity index (χ2n) is 5.85. The Morgan fingerprint density at radius 1 is 1.26 bits per heavy atom. The largest absolute Gasteiger partial charge is 0.337 e. The minimum Gasteiger partial charge on any atom is -0.337 e. The van der Waals surface area contributed by atoms with Crippen LogP contribution in [0.3, 0.4) is 0 Å². The first-order chi connectivity index (χ1) is 8.85. The molecule has 106 valence electrons. The van der Waals surface area contributed by atoms with Crippen LogP contribution in [0.2, 0.25) is 0 Å². The molecule has 4 N–H and O–H groups in total. The van der Waals surface area contributed by atoms with Gasteiger partial charge in [0.15, 0.2) is 0 Å². The van der Waals surface area contributed by atoms with E-state index in [0.717, 1.165) is 11.3 Å². The molecule has 1 aromatic rings. The molecule has 0 radical (unpaired) electrons. The van der Waals surface area contributed by atoms with Crippen LogP contribution in [-0.2, 0) is 6.54 Å². The molecular weight excluding hydrogens is 238 g/mol. The summed E-state index contributed by atoms with van der Waals surface area (Å²) in [7, 11) is 0. The molecule has 0 fully saturated rings. The lowest BCUT2D eigenvalue weighted by Gasteiger charge is -2.29. The molecule has 0 aromatic heterocycles. The van der Waals surface area contributed by atoms with Gasteiger partial charge in [-0.15, -0.1) is 0 Å². The molecule has 1 rings (SSSR count). The van der Waals surface area contributed by atoms with Crippen LogP contribution in [0.5, 0.6) is 0 Å². The Hall–Kier alpha value is -1.55. The molecule has 0 unspecified atom stereocenters. The summed E-state index contributed by atoms with van der Waals surface area (Å²) < 4.78 is 0. The number of carbonyl (C=O) groups excluding carboxylic acids is 1. The summed E-state index contributed by atoms with van der Waals surface area (Å²) in [5, 5.41) is 5.72. The van der Waals surface area contributed by atoms with Gasteiger partial charge in [0.2, 0.25) is 0 Å². The molecule has 0 aliphatic heterocycles. The van der Waals surface area contributed by atoms with Crippen molar-refractivity contribution in [1.82, 2.24) is 5.32 Å². The number of nitrogens with one attached hydrogen (secondary N) is 2. The van der Waals surface area contributed by atoms with E-state index in [1.54, 1.807) is 0 Å². The number of benzene rings is 1. The Balaban J connectivity index is 2.47. The summed E-state index contributed by atoms with van der Waals surface area (Å²) in [6, 6.07) is 7.36. The molecule has 0 heterocycles. The van der Waals surface area contributed by atoms with Crippen LogP contribution in [0.15, 0.2) is 24.3 Å². The van der Waals surface area contributed by atoms with E-state index < -0.39 is 0 Å². The third-order valence-electron chi connectivity index (χ3n) is 3.72. The van der Waals surface area contributed by atoms with Crippen molar-refractivity contribution < 1.29 is 4.79 Å². The Kier molecular flexibility index (Phi) is 5.36. The maximum absolute atomic E-state index is 11.8. The zero-order valence-electron chi connectivity index (χ0n) is 12.3. The predicted molar refractivity (Wildman–Crippen MR) is 80.0 cm³/mol. The Labute approximate surface area is 115 Å². The lowest BCUT2D eigenvalue weighted by atomic mass is 9.81. The van der Waals surface area contributed by atoms with Crippen molar-refractivity contribution >= 4 is 11.7 Å². The second kappa shape index (κ2) is 6.57. The Morgan fingerprint density at radius 2 is 1.84 bits per heavy atom. The molecule has 19 heavy (non-hydrogen) atoms. The number of urea groups is 1. The predicted octanol–water partition coefficient (Wildman–Crippen LogP) is 2.95. The first kappa shape index (κ1) is 15.5. The van der Waals surface area contributed by atoms with Gasteiger partial charge in [0.25, 0.3) is 0 Å². The molecule has 2 amide bonds. The minimum absolute atomic E-state index is 0.0841. The summed E-state index contributed by atoms with van der Waals surface area (Å²) in [6.45, 7) is 9.77. The van der Waals surface area contributed by atoms with Crippen LogP contribution in [0, 0.1) is 11.3 Å². The molecule has 1 aromatic carbocycles. The number of anilines is 1. The first-order valence-electron chi connectivity index (χ1n) is 6.69. The highest BCUT2D eigenvalue weighted by molar-refractivity contribution is 5.89. The summed E-state index contributed by atoms with van der Waals surface area (Å²) in [5.74, 6) is 0.511. The van der Waals surface area contributed by atoms with Gasteiger partial charge in [0.05, 0.1) is 0 Å². The van der Waals surface area contributed by atoms with Gasteiger partial charge in [-0.3, -0.25) is 0 Å². The van der Waals surface area contributed by atoms with Gasteiger partial charge < -0.3 is 16.4 Å².